The summed E-state index contributed by atoms with van der Waals surface area (Å²) in [6.07, 6.45) is 3.08. The summed E-state index contributed by atoms with van der Waals surface area (Å²) in [6, 6.07) is 9.57. The fourth-order valence-corrected chi connectivity index (χ4v) is 3.94. The van der Waals surface area contributed by atoms with E-state index in [-0.39, 0.29) is 23.3 Å². The van der Waals surface area contributed by atoms with Crippen molar-refractivity contribution in [1.82, 2.24) is 10.3 Å². The molecule has 0 unspecified atom stereocenters. The number of methoxy groups -OCH3 is 1. The molecule has 2 aromatic rings. The molecule has 0 spiro atoms. The van der Waals surface area contributed by atoms with Crippen molar-refractivity contribution in [1.29, 1.82) is 0 Å². The van der Waals surface area contributed by atoms with Crippen LogP contribution in [-0.4, -0.2) is 33.0 Å². The van der Waals surface area contributed by atoms with Crippen LogP contribution >= 0.6 is 0 Å². The smallest absolute Gasteiger partial charge is 0.222 e. The zero-order valence-corrected chi connectivity index (χ0v) is 15.3. The van der Waals surface area contributed by atoms with E-state index in [1.165, 1.54) is 25.4 Å². The van der Waals surface area contributed by atoms with Crippen molar-refractivity contribution in [2.24, 2.45) is 5.92 Å². The van der Waals surface area contributed by atoms with E-state index in [0.717, 1.165) is 0 Å². The van der Waals surface area contributed by atoms with Crippen molar-refractivity contribution in [3.05, 3.63) is 54.4 Å². The predicted octanol–water partition coefficient (Wildman–Crippen LogP) is 2.38. The third kappa shape index (κ3) is 4.57. The number of ether oxygens (including phenoxy) is 1. The fraction of sp³-hybridized carbons (Fsp3) is 0.333. The molecular weight excluding hydrogens is 340 g/mol. The number of amides is 1. The maximum absolute atomic E-state index is 13.1. The molecule has 1 heterocycles. The van der Waals surface area contributed by atoms with Gasteiger partial charge in [0, 0.05) is 24.9 Å². The highest BCUT2D eigenvalue weighted by Crippen LogP contribution is 2.29. The molecule has 1 amide bonds. The van der Waals surface area contributed by atoms with E-state index in [1.807, 2.05) is 0 Å². The van der Waals surface area contributed by atoms with Crippen molar-refractivity contribution in [2.75, 3.05) is 13.7 Å². The predicted molar refractivity (Wildman–Crippen MR) is 95.0 cm³/mol. The van der Waals surface area contributed by atoms with E-state index in [9.17, 15) is 13.2 Å². The van der Waals surface area contributed by atoms with Gasteiger partial charge in [-0.05, 0) is 35.9 Å². The van der Waals surface area contributed by atoms with Gasteiger partial charge in [0.1, 0.15) is 11.0 Å². The highest BCUT2D eigenvalue weighted by atomic mass is 32.2. The van der Waals surface area contributed by atoms with Gasteiger partial charge in [-0.25, -0.2) is 8.42 Å². The second kappa shape index (κ2) is 8.11. The normalized spacial score (nSPS) is 12.6. The van der Waals surface area contributed by atoms with Crippen molar-refractivity contribution in [2.45, 2.75) is 24.0 Å². The van der Waals surface area contributed by atoms with Crippen molar-refractivity contribution >= 4 is 15.7 Å². The number of hydrogen-bond acceptors (Lipinski definition) is 5. The number of nitrogens with one attached hydrogen (secondary N) is 1. The van der Waals surface area contributed by atoms with Gasteiger partial charge in [-0.3, -0.25) is 9.78 Å². The van der Waals surface area contributed by atoms with Gasteiger partial charge < -0.3 is 10.1 Å². The number of aromatic nitrogens is 1. The Morgan fingerprint density at radius 2 is 1.88 bits per heavy atom. The van der Waals surface area contributed by atoms with Crippen molar-refractivity contribution in [3.8, 4) is 5.75 Å². The van der Waals surface area contributed by atoms with Gasteiger partial charge in [0.2, 0.25) is 5.91 Å². The Labute approximate surface area is 148 Å². The molecule has 0 aliphatic rings. The molecule has 6 nitrogen and oxygen atoms in total. The largest absolute Gasteiger partial charge is 0.497 e. The standard InChI is InChI=1S/C18H22N2O4S/c1-13(2)18(21)20-12-17(14-5-4-10-19-11-14)25(22,23)16-8-6-15(24-3)7-9-16/h4-11,13,17H,12H2,1-3H3,(H,20,21)/t17-/m1/s1. The molecule has 1 N–H and O–H groups in total. The lowest BCUT2D eigenvalue weighted by atomic mass is 10.2. The minimum atomic E-state index is -3.71. The average Bonchev–Trinajstić information content (AvgIpc) is 2.62. The maximum atomic E-state index is 13.1. The number of hydrogen-bond donors (Lipinski definition) is 1. The fourth-order valence-electron chi connectivity index (χ4n) is 2.30. The van der Waals surface area contributed by atoms with Gasteiger partial charge in [0.25, 0.3) is 0 Å². The van der Waals surface area contributed by atoms with Gasteiger partial charge >= 0.3 is 0 Å². The summed E-state index contributed by atoms with van der Waals surface area (Å²) in [4.78, 5) is 16.1. The topological polar surface area (TPSA) is 85.4 Å². The van der Waals surface area contributed by atoms with Crippen LogP contribution in [0, 0.1) is 5.92 Å². The van der Waals surface area contributed by atoms with Gasteiger partial charge in [-0.1, -0.05) is 19.9 Å². The Bertz CT molecular complexity index is 803. The lowest BCUT2D eigenvalue weighted by Gasteiger charge is -2.19. The Hall–Kier alpha value is -2.41. The molecule has 0 aliphatic carbocycles. The van der Waals surface area contributed by atoms with Crippen LogP contribution in [0.25, 0.3) is 0 Å². The Morgan fingerprint density at radius 1 is 1.20 bits per heavy atom. The summed E-state index contributed by atoms with van der Waals surface area (Å²) in [5, 5.41) is 1.79. The molecule has 0 bridgehead atoms. The highest BCUT2D eigenvalue weighted by molar-refractivity contribution is 7.91. The molecule has 0 radical (unpaired) electrons. The number of benzene rings is 1. The van der Waals surface area contributed by atoms with Crippen molar-refractivity contribution in [3.63, 3.8) is 0 Å². The Morgan fingerprint density at radius 3 is 2.40 bits per heavy atom. The van der Waals surface area contributed by atoms with Crippen LogP contribution in [0.3, 0.4) is 0 Å². The molecule has 0 saturated carbocycles. The highest BCUT2D eigenvalue weighted by Gasteiger charge is 2.30. The molecule has 1 aromatic heterocycles. The average molecular weight is 362 g/mol. The minimum absolute atomic E-state index is 0.0168. The van der Waals surface area contributed by atoms with Gasteiger partial charge in [-0.15, -0.1) is 0 Å². The molecule has 2 rings (SSSR count). The third-order valence-electron chi connectivity index (χ3n) is 3.80. The number of sulfone groups is 1. The quantitative estimate of drug-likeness (QED) is 0.817. The summed E-state index contributed by atoms with van der Waals surface area (Å²) in [6.45, 7) is 3.50. The first kappa shape index (κ1) is 18.9. The first-order valence-corrected chi connectivity index (χ1v) is 9.46. The maximum Gasteiger partial charge on any atom is 0.222 e. The zero-order valence-electron chi connectivity index (χ0n) is 14.5. The second-order valence-electron chi connectivity index (χ2n) is 5.90. The van der Waals surface area contributed by atoms with Crippen LogP contribution < -0.4 is 10.1 Å². The molecule has 0 fully saturated rings. The number of rotatable bonds is 7. The van der Waals surface area contributed by atoms with E-state index in [2.05, 4.69) is 10.3 Å². The second-order valence-corrected chi connectivity index (χ2v) is 8.03. The Kier molecular flexibility index (Phi) is 6.14. The first-order chi connectivity index (χ1) is 11.9. The van der Waals surface area contributed by atoms with E-state index >= 15 is 0 Å². The number of nitrogens with zero attached hydrogens (tertiary/aromatic N) is 1. The van der Waals surface area contributed by atoms with Crippen LogP contribution in [0.15, 0.2) is 53.7 Å². The van der Waals surface area contributed by atoms with Gasteiger partial charge in [0.05, 0.1) is 12.0 Å². The summed E-state index contributed by atoms with van der Waals surface area (Å²) in [5.74, 6) is 0.155. The number of carbonyl (C=O) groups excluding carboxylic acids is 1. The molecule has 25 heavy (non-hydrogen) atoms. The van der Waals surface area contributed by atoms with E-state index in [4.69, 9.17) is 4.74 Å². The van der Waals surface area contributed by atoms with Gasteiger partial charge in [0.15, 0.2) is 9.84 Å². The lowest BCUT2D eigenvalue weighted by Crippen LogP contribution is -2.34. The minimum Gasteiger partial charge on any atom is -0.497 e. The van der Waals surface area contributed by atoms with Crippen LogP contribution in [0.2, 0.25) is 0 Å². The van der Waals surface area contributed by atoms with E-state index < -0.39 is 15.1 Å². The summed E-state index contributed by atoms with van der Waals surface area (Å²) < 4.78 is 31.3. The van der Waals surface area contributed by atoms with Gasteiger partial charge in [-0.2, -0.15) is 0 Å². The molecule has 0 aliphatic heterocycles. The monoisotopic (exact) mass is 362 g/mol. The Balaban J connectivity index is 2.37. The zero-order chi connectivity index (χ0) is 18.4. The molecule has 0 saturated heterocycles. The summed E-state index contributed by atoms with van der Waals surface area (Å²) in [5.41, 5.74) is 0.530. The number of pyridine rings is 1. The van der Waals surface area contributed by atoms with E-state index in [1.54, 1.807) is 44.3 Å². The molecule has 134 valence electrons. The molecule has 7 heteroatoms. The van der Waals surface area contributed by atoms with Crippen molar-refractivity contribution < 1.29 is 17.9 Å². The van der Waals surface area contributed by atoms with Crippen LogP contribution in [-0.2, 0) is 14.6 Å². The lowest BCUT2D eigenvalue weighted by molar-refractivity contribution is -0.123. The first-order valence-electron chi connectivity index (χ1n) is 7.92. The number of carbonyl (C=O) groups is 1. The van der Waals surface area contributed by atoms with Crippen LogP contribution in [0.1, 0.15) is 24.7 Å². The summed E-state index contributed by atoms with van der Waals surface area (Å²) >= 11 is 0. The third-order valence-corrected chi connectivity index (χ3v) is 5.92. The summed E-state index contributed by atoms with van der Waals surface area (Å²) in [7, 11) is -2.19. The molecule has 1 atom stereocenters. The SMILES string of the molecule is COc1ccc(S(=O)(=O)[C@H](CNC(=O)C(C)C)c2cccnc2)cc1. The molecular formula is C18H22N2O4S. The van der Waals surface area contributed by atoms with Crippen LogP contribution in [0.4, 0.5) is 0 Å². The van der Waals surface area contributed by atoms with E-state index in [0.29, 0.717) is 11.3 Å². The molecule has 1 aromatic carbocycles. The van der Waals surface area contributed by atoms with Crippen LogP contribution in [0.5, 0.6) is 5.75 Å².